The molecule has 0 aliphatic heterocycles. The predicted molar refractivity (Wildman–Crippen MR) is 60.2 cm³/mol. The third kappa shape index (κ3) is 1.48. The Morgan fingerprint density at radius 1 is 1.40 bits per heavy atom. The van der Waals surface area contributed by atoms with Gasteiger partial charge in [-0.05, 0) is 47.9 Å². The standard InChI is InChI=1S/C13H18FN/c1-8-5-4-6-10(14)11(8)12-9(7-15)13(12,2)3/h4-6,9,12H,7,15H2,1-3H3/t9-,12+/m0/s1. The number of aryl methyl sites for hydroxylation is 1. The Morgan fingerprint density at radius 3 is 2.53 bits per heavy atom. The number of hydrogen-bond donors (Lipinski definition) is 1. The summed E-state index contributed by atoms with van der Waals surface area (Å²) in [6, 6.07) is 5.28. The van der Waals surface area contributed by atoms with Crippen LogP contribution >= 0.6 is 0 Å². The lowest BCUT2D eigenvalue weighted by molar-refractivity contribution is 0.550. The highest BCUT2D eigenvalue weighted by Gasteiger charge is 2.58. The molecule has 15 heavy (non-hydrogen) atoms. The molecule has 1 aromatic carbocycles. The van der Waals surface area contributed by atoms with Gasteiger partial charge < -0.3 is 5.73 Å². The summed E-state index contributed by atoms with van der Waals surface area (Å²) in [7, 11) is 0. The van der Waals surface area contributed by atoms with Crippen LogP contribution in [-0.4, -0.2) is 6.54 Å². The fourth-order valence-corrected chi connectivity index (χ4v) is 2.80. The van der Waals surface area contributed by atoms with Crippen molar-refractivity contribution >= 4 is 0 Å². The monoisotopic (exact) mass is 207 g/mol. The topological polar surface area (TPSA) is 26.0 Å². The molecule has 1 nitrogen and oxygen atoms in total. The summed E-state index contributed by atoms with van der Waals surface area (Å²) in [4.78, 5) is 0. The lowest BCUT2D eigenvalue weighted by Gasteiger charge is -2.08. The maximum atomic E-state index is 13.8. The molecule has 2 atom stereocenters. The number of halogens is 1. The molecular weight excluding hydrogens is 189 g/mol. The Labute approximate surface area is 90.5 Å². The van der Waals surface area contributed by atoms with Gasteiger partial charge in [0.15, 0.2) is 0 Å². The average molecular weight is 207 g/mol. The first-order chi connectivity index (χ1) is 7.00. The van der Waals surface area contributed by atoms with Gasteiger partial charge in [-0.2, -0.15) is 0 Å². The van der Waals surface area contributed by atoms with E-state index in [1.165, 1.54) is 0 Å². The zero-order valence-electron chi connectivity index (χ0n) is 9.55. The molecule has 0 unspecified atom stereocenters. The molecule has 82 valence electrons. The molecule has 0 bridgehead atoms. The minimum atomic E-state index is -0.0796. The second kappa shape index (κ2) is 3.31. The first kappa shape index (κ1) is 10.6. The van der Waals surface area contributed by atoms with E-state index in [-0.39, 0.29) is 11.2 Å². The van der Waals surface area contributed by atoms with Gasteiger partial charge in [-0.15, -0.1) is 0 Å². The normalized spacial score (nSPS) is 27.8. The first-order valence-corrected chi connectivity index (χ1v) is 5.45. The largest absolute Gasteiger partial charge is 0.330 e. The average Bonchev–Trinajstić information content (AvgIpc) is 2.68. The summed E-state index contributed by atoms with van der Waals surface area (Å²) in [5.74, 6) is 0.640. The molecule has 0 spiro atoms. The van der Waals surface area contributed by atoms with Crippen molar-refractivity contribution < 1.29 is 4.39 Å². The van der Waals surface area contributed by atoms with Crippen molar-refractivity contribution in [2.45, 2.75) is 26.7 Å². The van der Waals surface area contributed by atoms with E-state index in [4.69, 9.17) is 5.73 Å². The Hall–Kier alpha value is -0.890. The van der Waals surface area contributed by atoms with Gasteiger partial charge in [0.2, 0.25) is 0 Å². The Morgan fingerprint density at radius 2 is 2.07 bits per heavy atom. The van der Waals surface area contributed by atoms with Crippen LogP contribution < -0.4 is 5.73 Å². The number of nitrogens with two attached hydrogens (primary N) is 1. The zero-order chi connectivity index (χ0) is 11.2. The summed E-state index contributed by atoms with van der Waals surface area (Å²) in [5, 5.41) is 0. The van der Waals surface area contributed by atoms with Crippen molar-refractivity contribution in [3.63, 3.8) is 0 Å². The minimum absolute atomic E-state index is 0.0796. The molecule has 1 saturated carbocycles. The van der Waals surface area contributed by atoms with Crippen LogP contribution in [0.3, 0.4) is 0 Å². The van der Waals surface area contributed by atoms with Gasteiger partial charge in [-0.1, -0.05) is 26.0 Å². The highest BCUT2D eigenvalue weighted by Crippen LogP contribution is 2.64. The van der Waals surface area contributed by atoms with E-state index in [2.05, 4.69) is 13.8 Å². The molecule has 0 amide bonds. The van der Waals surface area contributed by atoms with Gasteiger partial charge in [0.25, 0.3) is 0 Å². The van der Waals surface area contributed by atoms with E-state index in [1.807, 2.05) is 13.0 Å². The van der Waals surface area contributed by atoms with Crippen molar-refractivity contribution in [2.24, 2.45) is 17.1 Å². The molecule has 0 heterocycles. The zero-order valence-corrected chi connectivity index (χ0v) is 9.55. The van der Waals surface area contributed by atoms with Gasteiger partial charge in [0, 0.05) is 0 Å². The summed E-state index contributed by atoms with van der Waals surface area (Å²) in [6.07, 6.45) is 0. The van der Waals surface area contributed by atoms with Crippen LogP contribution in [0.2, 0.25) is 0 Å². The molecule has 1 aliphatic carbocycles. The lowest BCUT2D eigenvalue weighted by Crippen LogP contribution is -2.05. The van der Waals surface area contributed by atoms with E-state index in [0.29, 0.717) is 18.4 Å². The van der Waals surface area contributed by atoms with Gasteiger partial charge in [0.05, 0.1) is 0 Å². The summed E-state index contributed by atoms with van der Waals surface area (Å²) >= 11 is 0. The highest BCUT2D eigenvalue weighted by atomic mass is 19.1. The summed E-state index contributed by atoms with van der Waals surface area (Å²) in [6.45, 7) is 6.95. The van der Waals surface area contributed by atoms with Crippen LogP contribution in [0.5, 0.6) is 0 Å². The Balaban J connectivity index is 2.41. The van der Waals surface area contributed by atoms with E-state index in [1.54, 1.807) is 12.1 Å². The molecule has 0 saturated heterocycles. The molecule has 2 rings (SSSR count). The quantitative estimate of drug-likeness (QED) is 0.793. The predicted octanol–water partition coefficient (Wildman–Crippen LogP) is 2.83. The molecular formula is C13H18FN. The smallest absolute Gasteiger partial charge is 0.126 e. The SMILES string of the molecule is Cc1cccc(F)c1[C@H]1[C@H](CN)C1(C)C. The summed E-state index contributed by atoms with van der Waals surface area (Å²) < 4.78 is 13.8. The Kier molecular flexibility index (Phi) is 2.34. The van der Waals surface area contributed by atoms with Crippen LogP contribution in [0, 0.1) is 24.1 Å². The molecule has 1 aliphatic rings. The highest BCUT2D eigenvalue weighted by molar-refractivity contribution is 5.38. The van der Waals surface area contributed by atoms with Gasteiger partial charge in [-0.3, -0.25) is 0 Å². The van der Waals surface area contributed by atoms with E-state index < -0.39 is 0 Å². The molecule has 1 aromatic rings. The van der Waals surface area contributed by atoms with Crippen LogP contribution in [0.15, 0.2) is 18.2 Å². The molecule has 2 heteroatoms. The molecule has 0 radical (unpaired) electrons. The van der Waals surface area contributed by atoms with Gasteiger partial charge in [-0.25, -0.2) is 4.39 Å². The molecule has 1 fully saturated rings. The van der Waals surface area contributed by atoms with Crippen LogP contribution in [0.4, 0.5) is 4.39 Å². The molecule has 0 aromatic heterocycles. The van der Waals surface area contributed by atoms with Crippen molar-refractivity contribution in [3.05, 3.63) is 35.1 Å². The lowest BCUT2D eigenvalue weighted by atomic mass is 9.98. The van der Waals surface area contributed by atoms with Crippen molar-refractivity contribution in [1.82, 2.24) is 0 Å². The maximum absolute atomic E-state index is 13.8. The third-order valence-corrected chi connectivity index (χ3v) is 3.89. The number of hydrogen-bond acceptors (Lipinski definition) is 1. The second-order valence-electron chi connectivity index (χ2n) is 5.11. The first-order valence-electron chi connectivity index (χ1n) is 5.45. The van der Waals surface area contributed by atoms with Gasteiger partial charge in [0.1, 0.15) is 5.82 Å². The number of benzene rings is 1. The number of rotatable bonds is 2. The maximum Gasteiger partial charge on any atom is 0.126 e. The van der Waals surface area contributed by atoms with E-state index in [0.717, 1.165) is 11.1 Å². The fourth-order valence-electron chi connectivity index (χ4n) is 2.80. The van der Waals surface area contributed by atoms with Crippen LogP contribution in [0.25, 0.3) is 0 Å². The van der Waals surface area contributed by atoms with Crippen LogP contribution in [-0.2, 0) is 0 Å². The fraction of sp³-hybridized carbons (Fsp3) is 0.538. The minimum Gasteiger partial charge on any atom is -0.330 e. The van der Waals surface area contributed by atoms with Crippen LogP contribution in [0.1, 0.15) is 30.9 Å². The second-order valence-corrected chi connectivity index (χ2v) is 5.11. The third-order valence-electron chi connectivity index (χ3n) is 3.89. The van der Waals surface area contributed by atoms with E-state index >= 15 is 0 Å². The van der Waals surface area contributed by atoms with Crippen molar-refractivity contribution in [2.75, 3.05) is 6.54 Å². The summed E-state index contributed by atoms with van der Waals surface area (Å²) in [5.41, 5.74) is 7.79. The van der Waals surface area contributed by atoms with Crippen molar-refractivity contribution in [3.8, 4) is 0 Å². The van der Waals surface area contributed by atoms with Crippen molar-refractivity contribution in [1.29, 1.82) is 0 Å². The Bertz CT molecular complexity index is 364. The van der Waals surface area contributed by atoms with E-state index in [9.17, 15) is 4.39 Å². The van der Waals surface area contributed by atoms with Gasteiger partial charge >= 0.3 is 0 Å². The molecule has 2 N–H and O–H groups in total.